The Morgan fingerprint density at radius 1 is 1.53 bits per heavy atom. The van der Waals surface area contributed by atoms with Crippen molar-refractivity contribution >= 4 is 11.8 Å². The molecule has 5 heteroatoms. The number of aromatic carboxylic acids is 1. The van der Waals surface area contributed by atoms with Crippen molar-refractivity contribution in [3.8, 4) is 0 Å². The van der Waals surface area contributed by atoms with Crippen LogP contribution in [-0.4, -0.2) is 33.8 Å². The van der Waals surface area contributed by atoms with Gasteiger partial charge in [-0.3, -0.25) is 0 Å². The number of aromatic nitrogens is 1. The molecule has 0 aliphatic carbocycles. The summed E-state index contributed by atoms with van der Waals surface area (Å²) in [5.74, 6) is -0.621. The normalized spacial score (nSPS) is 12.2. The van der Waals surface area contributed by atoms with Gasteiger partial charge in [0.2, 0.25) is 0 Å². The fraction of sp³-hybridized carbons (Fsp3) is 0.500. The fourth-order valence-electron chi connectivity index (χ4n) is 1.71. The molecule has 1 heterocycles. The molecule has 3 N–H and O–H groups in total. The Hall–Kier alpha value is -1.62. The molecule has 0 aliphatic rings. The zero-order valence-electron chi connectivity index (χ0n) is 10.3. The summed E-state index contributed by atoms with van der Waals surface area (Å²) < 4.78 is 0. The Morgan fingerprint density at radius 3 is 2.71 bits per heavy atom. The third kappa shape index (κ3) is 3.42. The molecule has 1 aromatic heterocycles. The summed E-state index contributed by atoms with van der Waals surface area (Å²) in [5, 5.41) is 21.0. The van der Waals surface area contributed by atoms with E-state index in [4.69, 9.17) is 10.2 Å². The summed E-state index contributed by atoms with van der Waals surface area (Å²) in [6.07, 6.45) is 0.549. The number of hydrogen-bond donors (Lipinski definition) is 3. The molecule has 0 radical (unpaired) electrons. The molecule has 0 fully saturated rings. The zero-order valence-corrected chi connectivity index (χ0v) is 10.3. The molecule has 0 aromatic carbocycles. The topological polar surface area (TPSA) is 82.5 Å². The van der Waals surface area contributed by atoms with Crippen LogP contribution in [0.25, 0.3) is 0 Å². The van der Waals surface area contributed by atoms with Gasteiger partial charge in [-0.25, -0.2) is 9.78 Å². The van der Waals surface area contributed by atoms with Crippen LogP contribution in [0.5, 0.6) is 0 Å². The van der Waals surface area contributed by atoms with Gasteiger partial charge in [0.05, 0.1) is 0 Å². The minimum absolute atomic E-state index is 0.0215. The first-order valence-electron chi connectivity index (χ1n) is 5.54. The summed E-state index contributed by atoms with van der Waals surface area (Å²) in [4.78, 5) is 15.4. The molecule has 0 saturated heterocycles. The van der Waals surface area contributed by atoms with Gasteiger partial charge in [-0.05, 0) is 38.8 Å². The number of carbonyl (C=O) groups is 1. The summed E-state index contributed by atoms with van der Waals surface area (Å²) in [6.45, 7) is 5.50. The second-order valence-electron chi connectivity index (χ2n) is 4.17. The molecule has 17 heavy (non-hydrogen) atoms. The van der Waals surface area contributed by atoms with Crippen molar-refractivity contribution in [3.63, 3.8) is 0 Å². The van der Waals surface area contributed by atoms with Crippen molar-refractivity contribution in [1.29, 1.82) is 0 Å². The number of anilines is 1. The number of carboxylic acid groups (broad SMARTS) is 1. The van der Waals surface area contributed by atoms with Crippen LogP contribution >= 0.6 is 0 Å². The minimum Gasteiger partial charge on any atom is -0.478 e. The molecular weight excluding hydrogens is 220 g/mol. The van der Waals surface area contributed by atoms with E-state index in [0.29, 0.717) is 17.8 Å². The van der Waals surface area contributed by atoms with Crippen LogP contribution in [0.4, 0.5) is 5.82 Å². The van der Waals surface area contributed by atoms with Crippen LogP contribution in [0.1, 0.15) is 35.0 Å². The molecule has 1 unspecified atom stereocenters. The van der Waals surface area contributed by atoms with E-state index < -0.39 is 5.97 Å². The number of carboxylic acids is 1. The van der Waals surface area contributed by atoms with Gasteiger partial charge in [0.15, 0.2) is 0 Å². The van der Waals surface area contributed by atoms with E-state index in [2.05, 4.69) is 10.3 Å². The molecule has 1 aromatic rings. The predicted molar refractivity (Wildman–Crippen MR) is 65.5 cm³/mol. The van der Waals surface area contributed by atoms with Crippen LogP contribution in [0, 0.1) is 13.8 Å². The highest BCUT2D eigenvalue weighted by atomic mass is 16.4. The van der Waals surface area contributed by atoms with Crippen LogP contribution in [0.2, 0.25) is 0 Å². The molecule has 0 saturated carbocycles. The van der Waals surface area contributed by atoms with Gasteiger partial charge in [-0.15, -0.1) is 0 Å². The number of aryl methyl sites for hydroxylation is 2. The highest BCUT2D eigenvalue weighted by molar-refractivity contribution is 5.94. The number of aliphatic hydroxyl groups is 1. The van der Waals surface area contributed by atoms with Gasteiger partial charge >= 0.3 is 5.97 Å². The van der Waals surface area contributed by atoms with Gasteiger partial charge in [0, 0.05) is 18.3 Å². The van der Waals surface area contributed by atoms with Crippen LogP contribution in [0.3, 0.4) is 0 Å². The Kier molecular flexibility index (Phi) is 4.45. The molecule has 1 atom stereocenters. The number of hydrogen-bond acceptors (Lipinski definition) is 4. The molecule has 94 valence electrons. The van der Waals surface area contributed by atoms with Crippen LogP contribution in [-0.2, 0) is 0 Å². The van der Waals surface area contributed by atoms with E-state index in [9.17, 15) is 4.79 Å². The lowest BCUT2D eigenvalue weighted by atomic mass is 10.1. The van der Waals surface area contributed by atoms with E-state index >= 15 is 0 Å². The largest absolute Gasteiger partial charge is 0.478 e. The summed E-state index contributed by atoms with van der Waals surface area (Å²) in [7, 11) is 0. The third-order valence-corrected chi connectivity index (χ3v) is 2.50. The fourth-order valence-corrected chi connectivity index (χ4v) is 1.71. The molecular formula is C12H18N2O3. The van der Waals surface area contributed by atoms with Crippen molar-refractivity contribution in [2.75, 3.05) is 11.9 Å². The lowest BCUT2D eigenvalue weighted by Gasteiger charge is -2.16. The van der Waals surface area contributed by atoms with Gasteiger partial charge in [-0.1, -0.05) is 0 Å². The van der Waals surface area contributed by atoms with Crippen molar-refractivity contribution in [1.82, 2.24) is 4.98 Å². The molecule has 0 spiro atoms. The van der Waals surface area contributed by atoms with Gasteiger partial charge < -0.3 is 15.5 Å². The Morgan fingerprint density at radius 2 is 2.18 bits per heavy atom. The quantitative estimate of drug-likeness (QED) is 0.725. The second-order valence-corrected chi connectivity index (χ2v) is 4.17. The Bertz CT molecular complexity index is 418. The standard InChI is InChI=1S/C12H18N2O3/c1-7-6-9(3)14-11(10(7)12(16)17)13-8(2)4-5-15/h6,8,15H,4-5H2,1-3H3,(H,13,14)(H,16,17). The number of rotatable bonds is 5. The van der Waals surface area contributed by atoms with Crippen molar-refractivity contribution in [2.24, 2.45) is 0 Å². The van der Waals surface area contributed by atoms with Crippen molar-refractivity contribution < 1.29 is 15.0 Å². The Labute approximate surface area is 101 Å². The van der Waals surface area contributed by atoms with Crippen molar-refractivity contribution in [3.05, 3.63) is 22.9 Å². The highest BCUT2D eigenvalue weighted by Gasteiger charge is 2.16. The zero-order chi connectivity index (χ0) is 13.0. The monoisotopic (exact) mass is 238 g/mol. The minimum atomic E-state index is -0.992. The van der Waals surface area contributed by atoms with Gasteiger partial charge in [-0.2, -0.15) is 0 Å². The van der Waals surface area contributed by atoms with E-state index in [1.165, 1.54) is 0 Å². The number of nitrogens with zero attached hydrogens (tertiary/aromatic N) is 1. The van der Waals surface area contributed by atoms with E-state index in [0.717, 1.165) is 5.69 Å². The van der Waals surface area contributed by atoms with Crippen LogP contribution in [0.15, 0.2) is 6.07 Å². The second kappa shape index (κ2) is 5.63. The SMILES string of the molecule is Cc1cc(C)c(C(=O)O)c(NC(C)CCO)n1. The molecule has 0 aliphatic heterocycles. The Balaban J connectivity index is 3.08. The number of aliphatic hydroxyl groups excluding tert-OH is 1. The lowest BCUT2D eigenvalue weighted by molar-refractivity contribution is 0.0697. The van der Waals surface area contributed by atoms with E-state index in [1.807, 2.05) is 13.8 Å². The maximum atomic E-state index is 11.2. The van der Waals surface area contributed by atoms with E-state index in [-0.39, 0.29) is 18.2 Å². The maximum absolute atomic E-state index is 11.2. The number of pyridine rings is 1. The van der Waals surface area contributed by atoms with Gasteiger partial charge in [0.1, 0.15) is 11.4 Å². The first-order valence-corrected chi connectivity index (χ1v) is 5.54. The average molecular weight is 238 g/mol. The van der Waals surface area contributed by atoms with Crippen LogP contribution < -0.4 is 5.32 Å². The van der Waals surface area contributed by atoms with E-state index in [1.54, 1.807) is 13.0 Å². The average Bonchev–Trinajstić information content (AvgIpc) is 2.15. The number of nitrogens with one attached hydrogen (secondary N) is 1. The van der Waals surface area contributed by atoms with Crippen molar-refractivity contribution in [2.45, 2.75) is 33.2 Å². The lowest BCUT2D eigenvalue weighted by Crippen LogP contribution is -2.20. The third-order valence-electron chi connectivity index (χ3n) is 2.50. The van der Waals surface area contributed by atoms with Gasteiger partial charge in [0.25, 0.3) is 0 Å². The summed E-state index contributed by atoms with van der Waals surface area (Å²) in [5.41, 5.74) is 1.65. The molecule has 5 nitrogen and oxygen atoms in total. The smallest absolute Gasteiger partial charge is 0.339 e. The predicted octanol–water partition coefficient (Wildman–Crippen LogP) is 1.58. The summed E-state index contributed by atoms with van der Waals surface area (Å²) >= 11 is 0. The highest BCUT2D eigenvalue weighted by Crippen LogP contribution is 2.19. The first-order chi connectivity index (χ1) is 7.95. The molecule has 0 bridgehead atoms. The summed E-state index contributed by atoms with van der Waals surface area (Å²) in [6, 6.07) is 1.72. The maximum Gasteiger partial charge on any atom is 0.339 e. The first kappa shape index (κ1) is 13.4. The molecule has 0 amide bonds. The molecule has 1 rings (SSSR count).